The monoisotopic (exact) mass is 299 g/mol. The van der Waals surface area contributed by atoms with E-state index in [2.05, 4.69) is 14.7 Å². The number of carbonyl (C=O) groups excluding carboxylic acids is 1. The molecular weight excluding hydrogens is 287 g/mol. The van der Waals surface area contributed by atoms with Crippen LogP contribution in [-0.4, -0.2) is 28.2 Å². The van der Waals surface area contributed by atoms with Gasteiger partial charge < -0.3 is 15.5 Å². The topological polar surface area (TPSA) is 81.0 Å². The van der Waals surface area contributed by atoms with E-state index in [1.165, 1.54) is 30.7 Å². The molecule has 1 heterocycles. The van der Waals surface area contributed by atoms with Crippen LogP contribution >= 0.6 is 0 Å². The molecule has 1 atom stereocenters. The summed E-state index contributed by atoms with van der Waals surface area (Å²) < 4.78 is 40.8. The molecule has 0 spiro atoms. The van der Waals surface area contributed by atoms with Gasteiger partial charge in [0.25, 0.3) is 0 Å². The van der Waals surface area contributed by atoms with Crippen LogP contribution in [0.25, 0.3) is 0 Å². The molecule has 112 valence electrons. The molecule has 0 fully saturated rings. The Labute approximate surface area is 117 Å². The lowest BCUT2D eigenvalue weighted by Crippen LogP contribution is -2.33. The number of hydrogen-bond acceptors (Lipinski definition) is 4. The van der Waals surface area contributed by atoms with Gasteiger partial charge in [-0.15, -0.1) is 13.2 Å². The number of imidazole rings is 1. The zero-order valence-electron chi connectivity index (χ0n) is 10.7. The molecule has 2 rings (SSSR count). The molecule has 0 aliphatic rings. The van der Waals surface area contributed by atoms with Crippen molar-refractivity contribution in [2.45, 2.75) is 18.8 Å². The summed E-state index contributed by atoms with van der Waals surface area (Å²) in [5.41, 5.74) is 6.15. The van der Waals surface area contributed by atoms with Crippen LogP contribution in [0.5, 0.6) is 5.75 Å². The van der Waals surface area contributed by atoms with Crippen LogP contribution in [0.4, 0.5) is 13.2 Å². The lowest BCUT2D eigenvalue weighted by molar-refractivity contribution is -0.274. The first-order valence-corrected chi connectivity index (χ1v) is 5.98. The molecule has 5 nitrogen and oxygen atoms in total. The molecule has 0 radical (unpaired) electrons. The number of para-hydroxylation sites is 1. The molecule has 0 aliphatic heterocycles. The van der Waals surface area contributed by atoms with E-state index in [9.17, 15) is 18.0 Å². The first-order chi connectivity index (χ1) is 9.87. The van der Waals surface area contributed by atoms with E-state index in [4.69, 9.17) is 5.73 Å². The molecule has 0 bridgehead atoms. The number of nitrogens with zero attached hydrogens (tertiary/aromatic N) is 1. The highest BCUT2D eigenvalue weighted by atomic mass is 19.4. The number of nitrogens with one attached hydrogen (secondary N) is 1. The number of Topliss-reactive ketones (excluding diaryl/α,β-unsaturated/α-hetero) is 1. The predicted molar refractivity (Wildman–Crippen MR) is 67.7 cm³/mol. The van der Waals surface area contributed by atoms with E-state index < -0.39 is 23.9 Å². The van der Waals surface area contributed by atoms with Gasteiger partial charge in [-0.2, -0.15) is 0 Å². The Morgan fingerprint density at radius 1 is 1.38 bits per heavy atom. The fraction of sp³-hybridized carbons (Fsp3) is 0.231. The third-order valence-electron chi connectivity index (χ3n) is 2.71. The Bertz CT molecular complexity index is 611. The standard InChI is InChI=1S/C13H12F3N3O2/c14-13(15,16)21-11-4-2-1-3-9(11)12(20)10(17)5-8-6-18-7-19-8/h1-4,6-7,10H,5,17H2,(H,18,19)/t10-/m0/s1. The summed E-state index contributed by atoms with van der Waals surface area (Å²) in [6, 6.07) is 4.11. The van der Waals surface area contributed by atoms with Crippen molar-refractivity contribution in [3.63, 3.8) is 0 Å². The lowest BCUT2D eigenvalue weighted by atomic mass is 10.0. The maximum atomic E-state index is 12.3. The molecule has 3 N–H and O–H groups in total. The van der Waals surface area contributed by atoms with E-state index in [0.29, 0.717) is 5.69 Å². The zero-order valence-corrected chi connectivity index (χ0v) is 10.7. The summed E-state index contributed by atoms with van der Waals surface area (Å²) in [5, 5.41) is 0. The summed E-state index contributed by atoms with van der Waals surface area (Å²) in [7, 11) is 0. The minimum atomic E-state index is -4.87. The quantitative estimate of drug-likeness (QED) is 0.828. The molecule has 1 aromatic carbocycles. The number of aromatic nitrogens is 2. The third-order valence-corrected chi connectivity index (χ3v) is 2.71. The number of hydrogen-bond donors (Lipinski definition) is 2. The van der Waals surface area contributed by atoms with Crippen molar-refractivity contribution < 1.29 is 22.7 Å². The van der Waals surface area contributed by atoms with Gasteiger partial charge in [0, 0.05) is 18.3 Å². The van der Waals surface area contributed by atoms with E-state index in [1.807, 2.05) is 0 Å². The van der Waals surface area contributed by atoms with Gasteiger partial charge >= 0.3 is 6.36 Å². The molecule has 0 unspecified atom stereocenters. The van der Waals surface area contributed by atoms with Gasteiger partial charge in [-0.3, -0.25) is 4.79 Å². The first-order valence-electron chi connectivity index (χ1n) is 5.98. The smallest absolute Gasteiger partial charge is 0.405 e. The number of H-pyrrole nitrogens is 1. The Balaban J connectivity index is 2.18. The normalized spacial score (nSPS) is 13.0. The van der Waals surface area contributed by atoms with Crippen LogP contribution in [0.1, 0.15) is 16.1 Å². The van der Waals surface area contributed by atoms with Crippen LogP contribution in [0.3, 0.4) is 0 Å². The van der Waals surface area contributed by atoms with E-state index in [1.54, 1.807) is 0 Å². The number of ketones is 1. The molecule has 21 heavy (non-hydrogen) atoms. The fourth-order valence-corrected chi connectivity index (χ4v) is 1.81. The van der Waals surface area contributed by atoms with Crippen molar-refractivity contribution in [2.75, 3.05) is 0 Å². The number of alkyl halides is 3. The number of ether oxygens (including phenoxy) is 1. The second-order valence-corrected chi connectivity index (χ2v) is 4.30. The van der Waals surface area contributed by atoms with Crippen molar-refractivity contribution in [1.82, 2.24) is 9.97 Å². The lowest BCUT2D eigenvalue weighted by Gasteiger charge is -2.15. The van der Waals surface area contributed by atoms with E-state index in [0.717, 1.165) is 6.07 Å². The molecular formula is C13H12F3N3O2. The zero-order chi connectivity index (χ0) is 15.5. The van der Waals surface area contributed by atoms with Crippen LogP contribution in [-0.2, 0) is 6.42 Å². The summed E-state index contributed by atoms with van der Waals surface area (Å²) in [6.45, 7) is 0. The second-order valence-electron chi connectivity index (χ2n) is 4.30. The minimum absolute atomic E-state index is 0.138. The minimum Gasteiger partial charge on any atom is -0.405 e. The van der Waals surface area contributed by atoms with Gasteiger partial charge in [0.1, 0.15) is 5.75 Å². The second kappa shape index (κ2) is 5.96. The maximum Gasteiger partial charge on any atom is 0.573 e. The molecule has 0 saturated heterocycles. The highest BCUT2D eigenvalue weighted by Crippen LogP contribution is 2.27. The summed E-state index contributed by atoms with van der Waals surface area (Å²) >= 11 is 0. The van der Waals surface area contributed by atoms with Crippen LogP contribution < -0.4 is 10.5 Å². The van der Waals surface area contributed by atoms with Gasteiger partial charge in [0.15, 0.2) is 5.78 Å². The Morgan fingerprint density at radius 2 is 2.10 bits per heavy atom. The van der Waals surface area contributed by atoms with Gasteiger partial charge in [0.05, 0.1) is 17.9 Å². The Hall–Kier alpha value is -2.35. The molecule has 0 saturated carbocycles. The number of benzene rings is 1. The van der Waals surface area contributed by atoms with Crippen molar-refractivity contribution in [3.05, 3.63) is 48.0 Å². The van der Waals surface area contributed by atoms with E-state index >= 15 is 0 Å². The number of aromatic amines is 1. The highest BCUT2D eigenvalue weighted by molar-refractivity contribution is 6.02. The maximum absolute atomic E-state index is 12.3. The highest BCUT2D eigenvalue weighted by Gasteiger charge is 2.33. The summed E-state index contributed by atoms with van der Waals surface area (Å²) in [4.78, 5) is 18.7. The molecule has 8 heteroatoms. The van der Waals surface area contributed by atoms with Crippen molar-refractivity contribution >= 4 is 5.78 Å². The largest absolute Gasteiger partial charge is 0.573 e. The average molecular weight is 299 g/mol. The number of nitrogens with two attached hydrogens (primary N) is 1. The molecule has 0 aliphatic carbocycles. The van der Waals surface area contributed by atoms with Crippen LogP contribution in [0.15, 0.2) is 36.8 Å². The van der Waals surface area contributed by atoms with Crippen molar-refractivity contribution in [2.24, 2.45) is 5.73 Å². The van der Waals surface area contributed by atoms with Crippen LogP contribution in [0, 0.1) is 0 Å². The average Bonchev–Trinajstić information content (AvgIpc) is 2.89. The fourth-order valence-electron chi connectivity index (χ4n) is 1.81. The molecule has 0 amide bonds. The number of halogens is 3. The van der Waals surface area contributed by atoms with Gasteiger partial charge in [0.2, 0.25) is 0 Å². The van der Waals surface area contributed by atoms with Gasteiger partial charge in [-0.05, 0) is 12.1 Å². The summed E-state index contributed by atoms with van der Waals surface area (Å²) in [6.07, 6.45) is -1.82. The molecule has 2 aromatic rings. The molecule has 1 aromatic heterocycles. The van der Waals surface area contributed by atoms with Crippen LogP contribution in [0.2, 0.25) is 0 Å². The Kier molecular flexibility index (Phi) is 4.27. The third kappa shape index (κ3) is 4.06. The Morgan fingerprint density at radius 3 is 2.71 bits per heavy atom. The van der Waals surface area contributed by atoms with Crippen molar-refractivity contribution in [1.29, 1.82) is 0 Å². The first kappa shape index (κ1) is 15.0. The van der Waals surface area contributed by atoms with Gasteiger partial charge in [-0.25, -0.2) is 4.98 Å². The van der Waals surface area contributed by atoms with Gasteiger partial charge in [-0.1, -0.05) is 12.1 Å². The number of rotatable bonds is 5. The van der Waals surface area contributed by atoms with E-state index in [-0.39, 0.29) is 12.0 Å². The number of carbonyl (C=O) groups is 1. The predicted octanol–water partition coefficient (Wildman–Crippen LogP) is 2.06. The van der Waals surface area contributed by atoms with Crippen molar-refractivity contribution in [3.8, 4) is 5.75 Å². The SMILES string of the molecule is N[C@@H](Cc1cnc[nH]1)C(=O)c1ccccc1OC(F)(F)F. The summed E-state index contributed by atoms with van der Waals surface area (Å²) in [5.74, 6) is -1.19.